The summed E-state index contributed by atoms with van der Waals surface area (Å²) in [6, 6.07) is 4.88. The van der Waals surface area contributed by atoms with Crippen LogP contribution in [0.1, 0.15) is 49.4 Å². The van der Waals surface area contributed by atoms with E-state index in [1.165, 1.54) is 6.42 Å². The van der Waals surface area contributed by atoms with Gasteiger partial charge in [-0.1, -0.05) is 18.6 Å². The molecule has 1 saturated heterocycles. The number of amides is 4. The van der Waals surface area contributed by atoms with E-state index in [9.17, 15) is 19.2 Å². The van der Waals surface area contributed by atoms with Crippen molar-refractivity contribution in [2.45, 2.75) is 51.1 Å². The molecule has 2 aliphatic heterocycles. The first-order valence-electron chi connectivity index (χ1n) is 12.0. The van der Waals surface area contributed by atoms with Gasteiger partial charge in [-0.2, -0.15) is 0 Å². The zero-order valence-corrected chi connectivity index (χ0v) is 19.7. The SMILES string of the molecule is C[C@@H]1NC(=O)C[C@@H](C(=O)NCCN2CCCCC2)NC(=O)c2ccccc2OCCCNC1=O. The number of para-hydroxylation sites is 1. The number of rotatable bonds is 4. The minimum atomic E-state index is -1.10. The smallest absolute Gasteiger partial charge is 0.255 e. The number of ether oxygens (including phenoxy) is 1. The highest BCUT2D eigenvalue weighted by atomic mass is 16.5. The molecule has 0 unspecified atom stereocenters. The summed E-state index contributed by atoms with van der Waals surface area (Å²) in [5.74, 6) is -1.39. The van der Waals surface area contributed by atoms with Gasteiger partial charge in [0.25, 0.3) is 5.91 Å². The number of nitrogens with one attached hydrogen (secondary N) is 4. The maximum absolute atomic E-state index is 13.0. The molecule has 10 nitrogen and oxygen atoms in total. The second-order valence-electron chi connectivity index (χ2n) is 8.70. The molecule has 2 heterocycles. The van der Waals surface area contributed by atoms with Crippen LogP contribution < -0.4 is 26.0 Å². The van der Waals surface area contributed by atoms with Crippen molar-refractivity contribution in [3.63, 3.8) is 0 Å². The lowest BCUT2D eigenvalue weighted by Crippen LogP contribution is -2.52. The number of hydrogen-bond acceptors (Lipinski definition) is 6. The van der Waals surface area contributed by atoms with Crippen LogP contribution in [0.15, 0.2) is 24.3 Å². The van der Waals surface area contributed by atoms with Crippen LogP contribution in [0.3, 0.4) is 0 Å². The molecule has 3 rings (SSSR count). The normalized spacial score (nSPS) is 23.1. The van der Waals surface area contributed by atoms with Gasteiger partial charge in [-0.15, -0.1) is 0 Å². The molecule has 2 aliphatic rings. The molecule has 0 spiro atoms. The summed E-state index contributed by atoms with van der Waals surface area (Å²) in [5.41, 5.74) is 0.279. The van der Waals surface area contributed by atoms with Gasteiger partial charge in [0.2, 0.25) is 17.7 Å². The van der Waals surface area contributed by atoms with E-state index in [2.05, 4.69) is 26.2 Å². The van der Waals surface area contributed by atoms with E-state index >= 15 is 0 Å². The molecule has 4 N–H and O–H groups in total. The number of fused-ring (bicyclic) bond motifs is 1. The van der Waals surface area contributed by atoms with Crippen LogP contribution >= 0.6 is 0 Å². The molecule has 2 atom stereocenters. The first kappa shape index (κ1) is 25.5. The van der Waals surface area contributed by atoms with Gasteiger partial charge in [0.1, 0.15) is 17.8 Å². The molecular weight excluding hydrogens is 438 g/mol. The third-order valence-electron chi connectivity index (χ3n) is 5.97. The molecule has 0 bridgehead atoms. The summed E-state index contributed by atoms with van der Waals surface area (Å²) in [4.78, 5) is 53.1. The van der Waals surface area contributed by atoms with E-state index in [-0.39, 0.29) is 17.9 Å². The largest absolute Gasteiger partial charge is 0.493 e. The Hall–Kier alpha value is -3.14. The predicted molar refractivity (Wildman–Crippen MR) is 126 cm³/mol. The number of carbonyl (C=O) groups excluding carboxylic acids is 4. The molecule has 0 aromatic heterocycles. The Balaban J connectivity index is 1.71. The predicted octanol–water partition coefficient (Wildman–Crippen LogP) is 0.181. The molecular formula is C24H35N5O5. The van der Waals surface area contributed by atoms with Gasteiger partial charge in [-0.25, -0.2) is 0 Å². The fourth-order valence-electron chi connectivity index (χ4n) is 4.04. The zero-order valence-electron chi connectivity index (χ0n) is 19.7. The van der Waals surface area contributed by atoms with Gasteiger partial charge in [0, 0.05) is 19.6 Å². The Morgan fingerprint density at radius 3 is 2.65 bits per heavy atom. The first-order chi connectivity index (χ1) is 16.4. The van der Waals surface area contributed by atoms with Crippen molar-refractivity contribution in [2.75, 3.05) is 39.3 Å². The standard InChI is InChI=1S/C24H35N5O5/c1-17-22(31)25-10-7-15-34-20-9-4-3-8-18(20)23(32)28-19(16-21(30)27-17)24(33)26-11-14-29-12-5-2-6-13-29/h3-4,8-9,17,19H,2,5-7,10-16H2,1H3,(H,25,31)(H,26,33)(H,27,30)(H,28,32)/t17-,19-/m0/s1. The van der Waals surface area contributed by atoms with E-state index in [1.54, 1.807) is 31.2 Å². The van der Waals surface area contributed by atoms with E-state index in [4.69, 9.17) is 4.74 Å². The summed E-state index contributed by atoms with van der Waals surface area (Å²) >= 11 is 0. The van der Waals surface area contributed by atoms with Gasteiger partial charge in [-0.3, -0.25) is 19.2 Å². The number of hydrogen-bond donors (Lipinski definition) is 4. The van der Waals surface area contributed by atoms with Crippen molar-refractivity contribution in [3.8, 4) is 5.75 Å². The fraction of sp³-hybridized carbons (Fsp3) is 0.583. The summed E-state index contributed by atoms with van der Waals surface area (Å²) in [6.07, 6.45) is 3.78. The number of carbonyl (C=O) groups is 4. The van der Waals surface area contributed by atoms with Gasteiger partial charge >= 0.3 is 0 Å². The number of nitrogens with zero attached hydrogens (tertiary/aromatic N) is 1. The molecule has 1 aromatic carbocycles. The summed E-state index contributed by atoms with van der Waals surface area (Å²) in [7, 11) is 0. The van der Waals surface area contributed by atoms with Crippen molar-refractivity contribution in [1.82, 2.24) is 26.2 Å². The summed E-state index contributed by atoms with van der Waals surface area (Å²) in [5, 5.41) is 10.9. The van der Waals surface area contributed by atoms with E-state index < -0.39 is 29.8 Å². The van der Waals surface area contributed by atoms with Crippen LogP contribution in [-0.4, -0.2) is 79.9 Å². The Labute approximate surface area is 200 Å². The minimum absolute atomic E-state index is 0.279. The molecule has 34 heavy (non-hydrogen) atoms. The highest BCUT2D eigenvalue weighted by Gasteiger charge is 2.27. The molecule has 1 fully saturated rings. The first-order valence-corrected chi connectivity index (χ1v) is 12.0. The van der Waals surface area contributed by atoms with Crippen LogP contribution in [-0.2, 0) is 14.4 Å². The Bertz CT molecular complexity index is 871. The molecule has 1 aromatic rings. The van der Waals surface area contributed by atoms with Crippen LogP contribution in [0.5, 0.6) is 5.75 Å². The minimum Gasteiger partial charge on any atom is -0.493 e. The van der Waals surface area contributed by atoms with E-state index in [0.29, 0.717) is 38.4 Å². The van der Waals surface area contributed by atoms with Crippen molar-refractivity contribution in [2.24, 2.45) is 0 Å². The van der Waals surface area contributed by atoms with E-state index in [0.717, 1.165) is 25.9 Å². The Morgan fingerprint density at radius 1 is 1.09 bits per heavy atom. The monoisotopic (exact) mass is 473 g/mol. The lowest BCUT2D eigenvalue weighted by molar-refractivity contribution is -0.130. The molecule has 4 amide bonds. The van der Waals surface area contributed by atoms with Gasteiger partial charge in [0.05, 0.1) is 18.6 Å². The third-order valence-corrected chi connectivity index (χ3v) is 5.97. The van der Waals surface area contributed by atoms with Crippen molar-refractivity contribution in [3.05, 3.63) is 29.8 Å². The summed E-state index contributed by atoms with van der Waals surface area (Å²) < 4.78 is 5.74. The van der Waals surface area contributed by atoms with Crippen LogP contribution in [0.4, 0.5) is 0 Å². The number of likely N-dealkylation sites (tertiary alicyclic amines) is 1. The summed E-state index contributed by atoms with van der Waals surface area (Å²) in [6.45, 7) is 5.40. The maximum Gasteiger partial charge on any atom is 0.255 e. The molecule has 0 saturated carbocycles. The average molecular weight is 474 g/mol. The topological polar surface area (TPSA) is 129 Å². The lowest BCUT2D eigenvalue weighted by atomic mass is 10.1. The van der Waals surface area contributed by atoms with Crippen molar-refractivity contribution >= 4 is 23.6 Å². The van der Waals surface area contributed by atoms with Gasteiger partial charge < -0.3 is 30.9 Å². The van der Waals surface area contributed by atoms with Crippen molar-refractivity contribution < 1.29 is 23.9 Å². The molecule has 0 radical (unpaired) electrons. The fourth-order valence-corrected chi connectivity index (χ4v) is 4.04. The maximum atomic E-state index is 13.0. The van der Waals surface area contributed by atoms with Crippen molar-refractivity contribution in [1.29, 1.82) is 0 Å². The lowest BCUT2D eigenvalue weighted by Gasteiger charge is -2.27. The number of piperidine rings is 1. The second kappa shape index (κ2) is 12.9. The van der Waals surface area contributed by atoms with Gasteiger partial charge in [0.15, 0.2) is 0 Å². The highest BCUT2D eigenvalue weighted by Crippen LogP contribution is 2.18. The zero-order chi connectivity index (χ0) is 24.3. The third kappa shape index (κ3) is 7.72. The van der Waals surface area contributed by atoms with Crippen LogP contribution in [0.2, 0.25) is 0 Å². The van der Waals surface area contributed by atoms with Crippen LogP contribution in [0.25, 0.3) is 0 Å². The molecule has 10 heteroatoms. The molecule has 186 valence electrons. The number of benzene rings is 1. The van der Waals surface area contributed by atoms with Crippen LogP contribution in [0, 0.1) is 0 Å². The van der Waals surface area contributed by atoms with Gasteiger partial charge in [-0.05, 0) is 51.4 Å². The highest BCUT2D eigenvalue weighted by molar-refractivity contribution is 6.01. The quantitative estimate of drug-likeness (QED) is 0.494. The average Bonchev–Trinajstić information content (AvgIpc) is 2.83. The Kier molecular flexibility index (Phi) is 9.69. The van der Waals surface area contributed by atoms with E-state index in [1.807, 2.05) is 0 Å². The Morgan fingerprint density at radius 2 is 1.85 bits per heavy atom. The molecule has 0 aliphatic carbocycles. The second-order valence-corrected chi connectivity index (χ2v) is 8.70.